The van der Waals surface area contributed by atoms with Crippen LogP contribution in [0, 0.1) is 5.92 Å². The van der Waals surface area contributed by atoms with Gasteiger partial charge in [0.05, 0.1) is 4.90 Å². The maximum atomic E-state index is 13.1. The van der Waals surface area contributed by atoms with Crippen LogP contribution in [0.4, 0.5) is 0 Å². The van der Waals surface area contributed by atoms with E-state index in [1.54, 1.807) is 6.07 Å². The average Bonchev–Trinajstić information content (AvgIpc) is 3.21. The molecule has 0 atom stereocenters. The highest BCUT2D eigenvalue weighted by Gasteiger charge is 2.35. The average molecular weight is 434 g/mol. The van der Waals surface area contributed by atoms with E-state index in [0.717, 1.165) is 37.7 Å². The third kappa shape index (κ3) is 4.39. The number of benzene rings is 1. The standard InChI is InChI=1S/C22H31N3O4S/c1-16(26)23-20-9-11-24(12-10-20)22(27)18-7-13-25(14-8-18)30(28,29)21-6-5-17-3-2-4-19(17)15-21/h5-6,15,18,20H,2-4,7-14H2,1H3,(H,23,26). The molecule has 164 valence electrons. The van der Waals surface area contributed by atoms with E-state index in [1.165, 1.54) is 16.8 Å². The van der Waals surface area contributed by atoms with Crippen molar-refractivity contribution >= 4 is 21.8 Å². The molecule has 2 heterocycles. The molecule has 3 aliphatic rings. The number of carbonyl (C=O) groups excluding carboxylic acids is 2. The fraction of sp³-hybridized carbons (Fsp3) is 0.636. The van der Waals surface area contributed by atoms with Crippen LogP contribution in [-0.2, 0) is 32.5 Å². The summed E-state index contributed by atoms with van der Waals surface area (Å²) < 4.78 is 27.7. The van der Waals surface area contributed by atoms with Gasteiger partial charge in [0.2, 0.25) is 21.8 Å². The Bertz CT molecular complexity index is 914. The van der Waals surface area contributed by atoms with Crippen LogP contribution in [0.1, 0.15) is 50.2 Å². The smallest absolute Gasteiger partial charge is 0.243 e. The molecule has 0 aromatic heterocycles. The van der Waals surface area contributed by atoms with Crippen LogP contribution < -0.4 is 5.32 Å². The summed E-state index contributed by atoms with van der Waals surface area (Å²) in [4.78, 5) is 26.4. The third-order valence-electron chi connectivity index (χ3n) is 6.72. The predicted molar refractivity (Wildman–Crippen MR) is 113 cm³/mol. The Hall–Kier alpha value is -1.93. The second-order valence-electron chi connectivity index (χ2n) is 8.76. The summed E-state index contributed by atoms with van der Waals surface area (Å²) in [6.07, 6.45) is 5.75. The van der Waals surface area contributed by atoms with Gasteiger partial charge in [-0.25, -0.2) is 8.42 Å². The number of nitrogens with zero attached hydrogens (tertiary/aromatic N) is 2. The highest BCUT2D eigenvalue weighted by molar-refractivity contribution is 7.89. The number of nitrogens with one attached hydrogen (secondary N) is 1. The Morgan fingerprint density at radius 3 is 2.30 bits per heavy atom. The number of likely N-dealkylation sites (tertiary alicyclic amines) is 1. The Kier molecular flexibility index (Phi) is 6.16. The molecule has 0 unspecified atom stereocenters. The fourth-order valence-corrected chi connectivity index (χ4v) is 6.51. The van der Waals surface area contributed by atoms with Gasteiger partial charge in [-0.1, -0.05) is 6.07 Å². The van der Waals surface area contributed by atoms with Crippen LogP contribution in [0.5, 0.6) is 0 Å². The van der Waals surface area contributed by atoms with Gasteiger partial charge in [0.1, 0.15) is 0 Å². The van der Waals surface area contributed by atoms with Crippen molar-refractivity contribution in [2.24, 2.45) is 5.92 Å². The number of hydrogen-bond acceptors (Lipinski definition) is 4. The molecule has 0 radical (unpaired) electrons. The van der Waals surface area contributed by atoms with E-state index >= 15 is 0 Å². The van der Waals surface area contributed by atoms with Crippen molar-refractivity contribution in [3.05, 3.63) is 29.3 Å². The second-order valence-corrected chi connectivity index (χ2v) is 10.7. The number of carbonyl (C=O) groups is 2. The highest BCUT2D eigenvalue weighted by atomic mass is 32.2. The molecule has 1 N–H and O–H groups in total. The van der Waals surface area contributed by atoms with E-state index in [1.807, 2.05) is 17.0 Å². The van der Waals surface area contributed by atoms with Gasteiger partial charge in [0, 0.05) is 45.1 Å². The number of fused-ring (bicyclic) bond motifs is 1. The Morgan fingerprint density at radius 1 is 0.967 bits per heavy atom. The van der Waals surface area contributed by atoms with E-state index in [0.29, 0.717) is 43.9 Å². The Morgan fingerprint density at radius 2 is 1.63 bits per heavy atom. The third-order valence-corrected chi connectivity index (χ3v) is 8.62. The lowest BCUT2D eigenvalue weighted by molar-refractivity contribution is -0.137. The SMILES string of the molecule is CC(=O)NC1CCN(C(=O)C2CCN(S(=O)(=O)c3ccc4c(c3)CCC4)CC2)CC1. The van der Waals surface area contributed by atoms with Crippen molar-refractivity contribution in [1.82, 2.24) is 14.5 Å². The molecule has 1 aromatic rings. The Balaban J connectivity index is 1.32. The van der Waals surface area contributed by atoms with E-state index < -0.39 is 10.0 Å². The van der Waals surface area contributed by atoms with Crippen molar-refractivity contribution in [3.63, 3.8) is 0 Å². The minimum atomic E-state index is -3.51. The summed E-state index contributed by atoms with van der Waals surface area (Å²) in [7, 11) is -3.51. The highest BCUT2D eigenvalue weighted by Crippen LogP contribution is 2.29. The minimum Gasteiger partial charge on any atom is -0.353 e. The largest absolute Gasteiger partial charge is 0.353 e. The summed E-state index contributed by atoms with van der Waals surface area (Å²) in [5, 5.41) is 2.92. The van der Waals surface area contributed by atoms with Gasteiger partial charge in [0.25, 0.3) is 0 Å². The van der Waals surface area contributed by atoms with Crippen LogP contribution in [0.2, 0.25) is 0 Å². The van der Waals surface area contributed by atoms with Crippen LogP contribution in [0.3, 0.4) is 0 Å². The van der Waals surface area contributed by atoms with Crippen molar-refractivity contribution in [1.29, 1.82) is 0 Å². The minimum absolute atomic E-state index is 0.0308. The summed E-state index contributed by atoms with van der Waals surface area (Å²) in [5.41, 5.74) is 2.42. The van der Waals surface area contributed by atoms with Gasteiger partial charge in [-0.05, 0) is 68.2 Å². The monoisotopic (exact) mass is 433 g/mol. The molecule has 1 aliphatic carbocycles. The zero-order chi connectivity index (χ0) is 21.3. The van der Waals surface area contributed by atoms with E-state index in [9.17, 15) is 18.0 Å². The molecule has 0 saturated carbocycles. The second kappa shape index (κ2) is 8.67. The quantitative estimate of drug-likeness (QED) is 0.783. The Labute approximate surface area is 178 Å². The zero-order valence-corrected chi connectivity index (χ0v) is 18.4. The first-order valence-electron chi connectivity index (χ1n) is 11.0. The number of aryl methyl sites for hydroxylation is 2. The van der Waals surface area contributed by atoms with E-state index in [-0.39, 0.29) is 23.8 Å². The molecule has 0 spiro atoms. The van der Waals surface area contributed by atoms with E-state index in [4.69, 9.17) is 0 Å². The van der Waals surface area contributed by atoms with Gasteiger partial charge in [-0.3, -0.25) is 9.59 Å². The molecular formula is C22H31N3O4S. The number of piperidine rings is 2. The molecule has 7 nitrogen and oxygen atoms in total. The lowest BCUT2D eigenvalue weighted by Gasteiger charge is -2.37. The first kappa shape index (κ1) is 21.3. The number of rotatable bonds is 4. The molecule has 0 bridgehead atoms. The first-order valence-corrected chi connectivity index (χ1v) is 12.5. The predicted octanol–water partition coefficient (Wildman–Crippen LogP) is 1.70. The summed E-state index contributed by atoms with van der Waals surface area (Å²) in [6, 6.07) is 5.67. The molecular weight excluding hydrogens is 402 g/mol. The van der Waals surface area contributed by atoms with Crippen LogP contribution in [0.15, 0.2) is 23.1 Å². The van der Waals surface area contributed by atoms with Crippen LogP contribution >= 0.6 is 0 Å². The molecule has 2 amide bonds. The van der Waals surface area contributed by atoms with Crippen molar-refractivity contribution in [2.75, 3.05) is 26.2 Å². The number of hydrogen-bond donors (Lipinski definition) is 1. The fourth-order valence-electron chi connectivity index (χ4n) is 4.99. The normalized spacial score (nSPS) is 21.4. The molecule has 4 rings (SSSR count). The maximum absolute atomic E-state index is 13.1. The van der Waals surface area contributed by atoms with Crippen molar-refractivity contribution < 1.29 is 18.0 Å². The van der Waals surface area contributed by atoms with Gasteiger partial charge >= 0.3 is 0 Å². The van der Waals surface area contributed by atoms with Crippen molar-refractivity contribution in [3.8, 4) is 0 Å². The van der Waals surface area contributed by atoms with E-state index in [2.05, 4.69) is 5.32 Å². The zero-order valence-electron chi connectivity index (χ0n) is 17.6. The van der Waals surface area contributed by atoms with Gasteiger partial charge < -0.3 is 10.2 Å². The molecule has 2 aliphatic heterocycles. The van der Waals surface area contributed by atoms with Gasteiger partial charge in [-0.15, -0.1) is 0 Å². The lowest BCUT2D eigenvalue weighted by Crippen LogP contribution is -2.49. The van der Waals surface area contributed by atoms with Crippen molar-refractivity contribution in [2.45, 2.75) is 62.8 Å². The summed E-state index contributed by atoms with van der Waals surface area (Å²) in [5.74, 6) is -0.0173. The number of amides is 2. The molecule has 8 heteroatoms. The van der Waals surface area contributed by atoms with Gasteiger partial charge in [-0.2, -0.15) is 4.31 Å². The molecule has 30 heavy (non-hydrogen) atoms. The summed E-state index contributed by atoms with van der Waals surface area (Å²) in [6.45, 7) is 3.59. The maximum Gasteiger partial charge on any atom is 0.243 e. The molecule has 1 aromatic carbocycles. The first-order chi connectivity index (χ1) is 14.3. The lowest BCUT2D eigenvalue weighted by atomic mass is 9.95. The van der Waals surface area contributed by atoms with Gasteiger partial charge in [0.15, 0.2) is 0 Å². The summed E-state index contributed by atoms with van der Waals surface area (Å²) >= 11 is 0. The van der Waals surface area contributed by atoms with Crippen LogP contribution in [-0.4, -0.2) is 61.7 Å². The molecule has 2 saturated heterocycles. The molecule has 2 fully saturated rings. The van der Waals surface area contributed by atoms with Crippen LogP contribution in [0.25, 0.3) is 0 Å². The topological polar surface area (TPSA) is 86.8 Å². The number of sulfonamides is 1.